The summed E-state index contributed by atoms with van der Waals surface area (Å²) in [6, 6.07) is 6.72. The lowest BCUT2D eigenvalue weighted by molar-refractivity contribution is -0.159. The first-order valence-corrected chi connectivity index (χ1v) is 10.5. The summed E-state index contributed by atoms with van der Waals surface area (Å²) in [5.74, 6) is -3.81. The van der Waals surface area contributed by atoms with Crippen LogP contribution in [0.25, 0.3) is 0 Å². The minimum absolute atomic E-state index is 0.157. The molecule has 0 unspecified atom stereocenters. The Kier molecular flexibility index (Phi) is 9.72. The summed E-state index contributed by atoms with van der Waals surface area (Å²) in [5, 5.41) is 20.8. The number of carbonyl (C=O) groups excluding carboxylic acids is 1. The maximum absolute atomic E-state index is 12.1. The minimum atomic E-state index is -3.50. The van der Waals surface area contributed by atoms with E-state index >= 15 is 0 Å². The third-order valence-corrected chi connectivity index (χ3v) is 6.05. The Morgan fingerprint density at radius 3 is 2.17 bits per heavy atom. The van der Waals surface area contributed by atoms with Gasteiger partial charge in [-0.3, -0.25) is 4.79 Å². The van der Waals surface area contributed by atoms with E-state index < -0.39 is 22.0 Å². The van der Waals surface area contributed by atoms with Gasteiger partial charge in [0.1, 0.15) is 0 Å². The number of anilines is 1. The third-order valence-electron chi connectivity index (χ3n) is 4.24. The molecule has 0 heterocycles. The van der Waals surface area contributed by atoms with Crippen molar-refractivity contribution in [2.24, 2.45) is 0 Å². The molecule has 1 amide bonds. The molecule has 1 fully saturated rings. The van der Waals surface area contributed by atoms with Crippen molar-refractivity contribution in [3.63, 3.8) is 0 Å². The molecule has 0 spiro atoms. The lowest BCUT2D eigenvalue weighted by Gasteiger charge is -2.22. The van der Waals surface area contributed by atoms with Crippen molar-refractivity contribution >= 4 is 33.6 Å². The van der Waals surface area contributed by atoms with Crippen LogP contribution in [0, 0.1) is 0 Å². The molecule has 162 valence electrons. The number of benzene rings is 1. The predicted molar refractivity (Wildman–Crippen MR) is 106 cm³/mol. The Morgan fingerprint density at radius 1 is 1.07 bits per heavy atom. The van der Waals surface area contributed by atoms with Crippen LogP contribution in [-0.2, 0) is 24.4 Å². The molecule has 0 bridgehead atoms. The number of amides is 1. The van der Waals surface area contributed by atoms with Crippen LogP contribution < -0.4 is 10.6 Å². The van der Waals surface area contributed by atoms with Gasteiger partial charge in [0.05, 0.1) is 11.4 Å². The second-order valence-corrected chi connectivity index (χ2v) is 8.84. The number of nitrogens with one attached hydrogen (secondary N) is 2. The number of carboxylic acid groups (broad SMARTS) is 2. The molecule has 1 aliphatic rings. The monoisotopic (exact) mass is 429 g/mol. The summed E-state index contributed by atoms with van der Waals surface area (Å²) < 4.78 is 25.4. The number of carboxylic acids is 2. The molecule has 0 aliphatic heterocycles. The van der Waals surface area contributed by atoms with Gasteiger partial charge in [0.25, 0.3) is 0 Å². The van der Waals surface area contributed by atoms with Crippen molar-refractivity contribution in [3.8, 4) is 0 Å². The fourth-order valence-electron chi connectivity index (χ4n) is 2.69. The molecule has 1 aromatic carbocycles. The number of nitrogens with zero attached hydrogens (tertiary/aromatic N) is 1. The van der Waals surface area contributed by atoms with E-state index in [1.165, 1.54) is 45.5 Å². The van der Waals surface area contributed by atoms with Crippen molar-refractivity contribution < 1.29 is 33.0 Å². The van der Waals surface area contributed by atoms with Gasteiger partial charge in [-0.1, -0.05) is 25.3 Å². The molecule has 0 radical (unpaired) electrons. The van der Waals surface area contributed by atoms with Crippen LogP contribution >= 0.6 is 0 Å². The normalized spacial score (nSPS) is 14.6. The molecule has 11 heteroatoms. The van der Waals surface area contributed by atoms with Crippen molar-refractivity contribution in [1.29, 1.82) is 0 Å². The van der Waals surface area contributed by atoms with Gasteiger partial charge in [-0.25, -0.2) is 22.3 Å². The number of rotatable bonds is 6. The summed E-state index contributed by atoms with van der Waals surface area (Å²) in [6.45, 7) is 0.245. The molecule has 10 nitrogen and oxygen atoms in total. The van der Waals surface area contributed by atoms with Crippen molar-refractivity contribution in [3.05, 3.63) is 24.3 Å². The van der Waals surface area contributed by atoms with Crippen LogP contribution in [0.2, 0.25) is 0 Å². The molecule has 4 N–H and O–H groups in total. The van der Waals surface area contributed by atoms with Crippen LogP contribution in [0.1, 0.15) is 32.1 Å². The zero-order valence-corrected chi connectivity index (χ0v) is 17.2. The molecule has 1 saturated carbocycles. The summed E-state index contributed by atoms with van der Waals surface area (Å²) >= 11 is 0. The van der Waals surface area contributed by atoms with E-state index in [-0.39, 0.29) is 17.3 Å². The molecule has 1 aliphatic carbocycles. The SMILES string of the molecule is CN(C)S(=O)(=O)c1cccc(NC(=O)CNC2CCCCC2)c1.O=C(O)C(=O)O. The molecule has 29 heavy (non-hydrogen) atoms. The number of hydrogen-bond acceptors (Lipinski definition) is 6. The molecule has 1 aromatic rings. The van der Waals surface area contributed by atoms with E-state index in [9.17, 15) is 13.2 Å². The highest BCUT2D eigenvalue weighted by atomic mass is 32.2. The maximum Gasteiger partial charge on any atom is 0.414 e. The molecule has 0 atom stereocenters. The van der Waals surface area contributed by atoms with Gasteiger partial charge in [-0.2, -0.15) is 0 Å². The lowest BCUT2D eigenvalue weighted by Crippen LogP contribution is -2.37. The van der Waals surface area contributed by atoms with E-state index in [1.54, 1.807) is 12.1 Å². The fraction of sp³-hybridized carbons (Fsp3) is 0.500. The quantitative estimate of drug-likeness (QED) is 0.488. The summed E-state index contributed by atoms with van der Waals surface area (Å²) in [4.78, 5) is 30.4. The summed E-state index contributed by atoms with van der Waals surface area (Å²) in [6.07, 6.45) is 5.93. The number of carbonyl (C=O) groups is 3. The smallest absolute Gasteiger partial charge is 0.414 e. The average molecular weight is 429 g/mol. The van der Waals surface area contributed by atoms with E-state index in [1.807, 2.05) is 0 Å². The Balaban J connectivity index is 0.000000612. The minimum Gasteiger partial charge on any atom is -0.473 e. The van der Waals surface area contributed by atoms with Crippen LogP contribution in [-0.4, -0.2) is 67.5 Å². The van der Waals surface area contributed by atoms with Crippen molar-refractivity contribution in [1.82, 2.24) is 9.62 Å². The standard InChI is InChI=1S/C16H25N3O3S.C2H2O4/c1-19(2)23(21,22)15-10-6-9-14(11-15)18-16(20)12-17-13-7-4-3-5-8-13;3-1(4)2(5)6/h6,9-11,13,17H,3-5,7-8,12H2,1-2H3,(H,18,20);(H,3,4)(H,5,6). The van der Waals surface area contributed by atoms with Crippen molar-refractivity contribution in [2.45, 2.75) is 43.0 Å². The summed E-state index contributed by atoms with van der Waals surface area (Å²) in [5.41, 5.74) is 0.489. The average Bonchev–Trinajstić information content (AvgIpc) is 2.67. The Labute approximate surface area is 170 Å². The Hall–Kier alpha value is -2.50. The van der Waals surface area contributed by atoms with Crippen molar-refractivity contribution in [2.75, 3.05) is 26.0 Å². The fourth-order valence-corrected chi connectivity index (χ4v) is 3.64. The third kappa shape index (κ3) is 8.59. The van der Waals surface area contributed by atoms with Gasteiger partial charge < -0.3 is 20.8 Å². The first-order chi connectivity index (χ1) is 13.5. The van der Waals surface area contributed by atoms with Gasteiger partial charge in [0.15, 0.2) is 0 Å². The maximum atomic E-state index is 12.1. The highest BCUT2D eigenvalue weighted by Crippen LogP contribution is 2.19. The predicted octanol–water partition coefficient (Wildman–Crippen LogP) is 0.953. The first kappa shape index (κ1) is 24.5. The molecular formula is C18H27N3O7S. The van der Waals surface area contributed by atoms with Crippen LogP contribution in [0.15, 0.2) is 29.2 Å². The first-order valence-electron chi connectivity index (χ1n) is 9.06. The number of aliphatic carboxylic acids is 2. The van der Waals surface area contributed by atoms with Gasteiger partial charge in [0.2, 0.25) is 15.9 Å². The molecule has 0 saturated heterocycles. The van der Waals surface area contributed by atoms with Gasteiger partial charge in [-0.15, -0.1) is 0 Å². The lowest BCUT2D eigenvalue weighted by atomic mass is 9.95. The zero-order chi connectivity index (χ0) is 22.0. The van der Waals surface area contributed by atoms with Gasteiger partial charge in [0, 0.05) is 25.8 Å². The molecule has 0 aromatic heterocycles. The van der Waals surface area contributed by atoms with Crippen LogP contribution in [0.3, 0.4) is 0 Å². The summed E-state index contributed by atoms with van der Waals surface area (Å²) in [7, 11) is -0.537. The van der Waals surface area contributed by atoms with E-state index in [0.29, 0.717) is 11.7 Å². The van der Waals surface area contributed by atoms with Crippen LogP contribution in [0.4, 0.5) is 5.69 Å². The van der Waals surface area contributed by atoms with Crippen LogP contribution in [0.5, 0.6) is 0 Å². The highest BCUT2D eigenvalue weighted by Gasteiger charge is 2.18. The molecular weight excluding hydrogens is 402 g/mol. The zero-order valence-electron chi connectivity index (χ0n) is 16.4. The Morgan fingerprint density at radius 2 is 1.66 bits per heavy atom. The van der Waals surface area contributed by atoms with E-state index in [0.717, 1.165) is 17.1 Å². The second kappa shape index (κ2) is 11.5. The number of hydrogen-bond donors (Lipinski definition) is 4. The van der Waals surface area contributed by atoms with Gasteiger partial charge >= 0.3 is 11.9 Å². The highest BCUT2D eigenvalue weighted by molar-refractivity contribution is 7.89. The molecule has 2 rings (SSSR count). The van der Waals surface area contributed by atoms with Gasteiger partial charge in [-0.05, 0) is 31.0 Å². The Bertz CT molecular complexity index is 806. The topological polar surface area (TPSA) is 153 Å². The second-order valence-electron chi connectivity index (χ2n) is 6.69. The number of sulfonamides is 1. The van der Waals surface area contributed by atoms with E-state index in [2.05, 4.69) is 10.6 Å². The van der Waals surface area contributed by atoms with E-state index in [4.69, 9.17) is 19.8 Å². The largest absolute Gasteiger partial charge is 0.473 e.